The van der Waals surface area contributed by atoms with E-state index in [1.807, 2.05) is 0 Å². The fourth-order valence-corrected chi connectivity index (χ4v) is 3.85. The van der Waals surface area contributed by atoms with Gasteiger partial charge in [0.05, 0.1) is 5.69 Å². The Morgan fingerprint density at radius 3 is 2.34 bits per heavy atom. The maximum Gasteiger partial charge on any atom is 0.191 e. The molecule has 6 heteroatoms. The van der Waals surface area contributed by atoms with Gasteiger partial charge >= 0.3 is 0 Å². The molecule has 1 aliphatic heterocycles. The van der Waals surface area contributed by atoms with E-state index in [2.05, 4.69) is 63.8 Å². The molecule has 0 amide bonds. The Bertz CT molecular complexity index is 754. The van der Waals surface area contributed by atoms with Gasteiger partial charge in [-0.1, -0.05) is 49.7 Å². The zero-order valence-corrected chi connectivity index (χ0v) is 18.1. The quantitative estimate of drug-likeness (QED) is 0.526. The second-order valence-electron chi connectivity index (χ2n) is 7.67. The lowest BCUT2D eigenvalue weighted by Crippen LogP contribution is -2.36. The minimum atomic E-state index is 0.671. The Balaban J connectivity index is 1.48. The summed E-state index contributed by atoms with van der Waals surface area (Å²) in [6.07, 6.45) is 5.77. The molecule has 158 valence electrons. The van der Waals surface area contributed by atoms with Crippen LogP contribution < -0.4 is 10.6 Å². The summed E-state index contributed by atoms with van der Waals surface area (Å²) >= 11 is 0. The van der Waals surface area contributed by atoms with Crippen LogP contribution in [0.3, 0.4) is 0 Å². The second-order valence-corrected chi connectivity index (χ2v) is 7.67. The molecule has 1 saturated heterocycles. The van der Waals surface area contributed by atoms with Crippen LogP contribution in [0.25, 0.3) is 0 Å². The van der Waals surface area contributed by atoms with Crippen molar-refractivity contribution in [2.75, 3.05) is 20.1 Å². The lowest BCUT2D eigenvalue weighted by Gasteiger charge is -2.26. The highest BCUT2D eigenvalue weighted by molar-refractivity contribution is 5.79. The third kappa shape index (κ3) is 6.07. The molecule has 2 N–H and O–H groups in total. The molecule has 0 saturated carbocycles. The number of nitrogens with one attached hydrogen (secondary N) is 2. The smallest absolute Gasteiger partial charge is 0.191 e. The molecule has 0 spiro atoms. The number of hydrogen-bond acceptors (Lipinski definition) is 4. The van der Waals surface area contributed by atoms with E-state index in [1.165, 1.54) is 43.5 Å². The van der Waals surface area contributed by atoms with Crippen molar-refractivity contribution in [2.24, 2.45) is 4.99 Å². The van der Waals surface area contributed by atoms with Crippen LogP contribution in [0.5, 0.6) is 0 Å². The summed E-state index contributed by atoms with van der Waals surface area (Å²) in [5.74, 6) is 1.74. The maximum atomic E-state index is 5.44. The predicted molar refractivity (Wildman–Crippen MR) is 118 cm³/mol. The number of guanidine groups is 1. The van der Waals surface area contributed by atoms with Crippen molar-refractivity contribution in [1.29, 1.82) is 0 Å². The Morgan fingerprint density at radius 1 is 1.00 bits per heavy atom. The minimum Gasteiger partial charge on any atom is -0.361 e. The van der Waals surface area contributed by atoms with E-state index in [0.29, 0.717) is 6.54 Å². The number of aryl methyl sites for hydroxylation is 2. The van der Waals surface area contributed by atoms with Crippen LogP contribution in [-0.4, -0.2) is 36.2 Å². The van der Waals surface area contributed by atoms with E-state index in [0.717, 1.165) is 48.9 Å². The van der Waals surface area contributed by atoms with Gasteiger partial charge in [-0.2, -0.15) is 0 Å². The molecule has 0 aliphatic carbocycles. The minimum absolute atomic E-state index is 0.671. The third-order valence-electron chi connectivity index (χ3n) is 5.60. The molecule has 3 rings (SSSR count). The Kier molecular flexibility index (Phi) is 8.11. The van der Waals surface area contributed by atoms with Gasteiger partial charge in [-0.25, -0.2) is 0 Å². The summed E-state index contributed by atoms with van der Waals surface area (Å²) in [5, 5.41) is 11.0. The highest BCUT2D eigenvalue weighted by Crippen LogP contribution is 2.16. The lowest BCUT2D eigenvalue weighted by atomic mass is 10.1. The second kappa shape index (κ2) is 11.0. The number of aromatic nitrogens is 1. The lowest BCUT2D eigenvalue weighted by molar-refractivity contribution is 0.221. The van der Waals surface area contributed by atoms with E-state index >= 15 is 0 Å². The SMILES string of the molecule is CCc1noc(CC)c1CNC(=NC)NCc1ccc(CN2CCCCC2)cc1. The van der Waals surface area contributed by atoms with Crippen molar-refractivity contribution in [1.82, 2.24) is 20.7 Å². The van der Waals surface area contributed by atoms with Crippen molar-refractivity contribution in [3.63, 3.8) is 0 Å². The van der Waals surface area contributed by atoms with Gasteiger partial charge in [0, 0.05) is 38.7 Å². The monoisotopic (exact) mass is 397 g/mol. The Morgan fingerprint density at radius 2 is 1.69 bits per heavy atom. The van der Waals surface area contributed by atoms with E-state index in [1.54, 1.807) is 7.05 Å². The van der Waals surface area contributed by atoms with Crippen LogP contribution in [-0.2, 0) is 32.5 Å². The van der Waals surface area contributed by atoms with Gasteiger partial charge in [0.15, 0.2) is 5.96 Å². The van der Waals surface area contributed by atoms with Gasteiger partial charge in [-0.3, -0.25) is 9.89 Å². The zero-order valence-electron chi connectivity index (χ0n) is 18.1. The van der Waals surface area contributed by atoms with Gasteiger partial charge in [0.2, 0.25) is 0 Å². The van der Waals surface area contributed by atoms with Crippen LogP contribution >= 0.6 is 0 Å². The largest absolute Gasteiger partial charge is 0.361 e. The first kappa shape index (κ1) is 21.4. The number of nitrogens with zero attached hydrogens (tertiary/aromatic N) is 3. The maximum absolute atomic E-state index is 5.44. The molecule has 0 bridgehead atoms. The summed E-state index contributed by atoms with van der Waals surface area (Å²) < 4.78 is 5.44. The predicted octanol–water partition coefficient (Wildman–Crippen LogP) is 3.65. The molecular weight excluding hydrogens is 362 g/mol. The molecule has 1 aromatic heterocycles. The highest BCUT2D eigenvalue weighted by atomic mass is 16.5. The van der Waals surface area contributed by atoms with Crippen LogP contribution in [0.2, 0.25) is 0 Å². The van der Waals surface area contributed by atoms with Gasteiger partial charge in [0.25, 0.3) is 0 Å². The normalized spacial score (nSPS) is 15.5. The van der Waals surface area contributed by atoms with Crippen LogP contribution in [0.15, 0.2) is 33.8 Å². The van der Waals surface area contributed by atoms with E-state index in [9.17, 15) is 0 Å². The first-order valence-electron chi connectivity index (χ1n) is 10.9. The summed E-state index contributed by atoms with van der Waals surface area (Å²) in [5.41, 5.74) is 4.82. The molecule has 1 fully saturated rings. The standard InChI is InChI=1S/C23H35N5O/c1-4-21-20(22(5-2)29-27-21)16-26-23(24-3)25-15-18-9-11-19(12-10-18)17-28-13-7-6-8-14-28/h9-12H,4-8,13-17H2,1-3H3,(H2,24,25,26). The first-order valence-corrected chi connectivity index (χ1v) is 10.9. The third-order valence-corrected chi connectivity index (χ3v) is 5.60. The number of rotatable bonds is 8. The number of piperidine rings is 1. The van der Waals surface area contributed by atoms with Crippen LogP contribution in [0, 0.1) is 0 Å². The number of likely N-dealkylation sites (tertiary alicyclic amines) is 1. The molecule has 2 aromatic rings. The van der Waals surface area contributed by atoms with Crippen molar-refractivity contribution >= 4 is 5.96 Å². The van der Waals surface area contributed by atoms with Gasteiger partial charge in [-0.15, -0.1) is 0 Å². The van der Waals surface area contributed by atoms with Crippen molar-refractivity contribution in [2.45, 2.75) is 65.6 Å². The number of benzene rings is 1. The molecule has 1 aromatic carbocycles. The zero-order chi connectivity index (χ0) is 20.5. The van der Waals surface area contributed by atoms with Gasteiger partial charge in [-0.05, 0) is 43.5 Å². The average molecular weight is 398 g/mol. The van der Waals surface area contributed by atoms with Gasteiger partial charge < -0.3 is 15.2 Å². The molecule has 2 heterocycles. The van der Waals surface area contributed by atoms with Crippen molar-refractivity contribution < 1.29 is 4.52 Å². The molecule has 0 radical (unpaired) electrons. The first-order chi connectivity index (χ1) is 14.2. The topological polar surface area (TPSA) is 65.7 Å². The molecule has 0 unspecified atom stereocenters. The van der Waals surface area contributed by atoms with Crippen LogP contribution in [0.4, 0.5) is 0 Å². The van der Waals surface area contributed by atoms with Gasteiger partial charge in [0.1, 0.15) is 5.76 Å². The summed E-state index contributed by atoms with van der Waals surface area (Å²) in [4.78, 5) is 6.90. The Labute approximate surface area is 174 Å². The molecule has 0 atom stereocenters. The van der Waals surface area contributed by atoms with Crippen molar-refractivity contribution in [3.8, 4) is 0 Å². The fourth-order valence-electron chi connectivity index (χ4n) is 3.85. The number of hydrogen-bond donors (Lipinski definition) is 2. The molecule has 6 nitrogen and oxygen atoms in total. The summed E-state index contributed by atoms with van der Waals surface area (Å²) in [6, 6.07) is 8.92. The van der Waals surface area contributed by atoms with E-state index in [4.69, 9.17) is 4.52 Å². The average Bonchev–Trinajstić information content (AvgIpc) is 3.17. The Hall–Kier alpha value is -2.34. The summed E-state index contributed by atoms with van der Waals surface area (Å²) in [6.45, 7) is 9.14. The molecule has 29 heavy (non-hydrogen) atoms. The molecular formula is C23H35N5O. The van der Waals surface area contributed by atoms with E-state index in [-0.39, 0.29) is 0 Å². The summed E-state index contributed by atoms with van der Waals surface area (Å²) in [7, 11) is 1.80. The highest BCUT2D eigenvalue weighted by Gasteiger charge is 2.14. The van der Waals surface area contributed by atoms with E-state index < -0.39 is 0 Å². The molecule has 1 aliphatic rings. The fraction of sp³-hybridized carbons (Fsp3) is 0.565. The van der Waals surface area contributed by atoms with Crippen LogP contribution in [0.1, 0.15) is 61.3 Å². The van der Waals surface area contributed by atoms with Crippen molar-refractivity contribution in [3.05, 3.63) is 52.4 Å². The number of aliphatic imine (C=N–C) groups is 1.